The van der Waals surface area contributed by atoms with Crippen LogP contribution in [-0.2, 0) is 4.79 Å². The van der Waals surface area contributed by atoms with Crippen LogP contribution in [0.4, 0.5) is 0 Å². The minimum Gasteiger partial charge on any atom is -0.341 e. The summed E-state index contributed by atoms with van der Waals surface area (Å²) >= 11 is 0. The molecule has 1 saturated heterocycles. The molecule has 0 bridgehead atoms. The van der Waals surface area contributed by atoms with Crippen molar-refractivity contribution < 1.29 is 4.79 Å². The maximum atomic E-state index is 12.7. The molecule has 3 unspecified atom stereocenters. The third-order valence-corrected chi connectivity index (χ3v) is 5.63. The van der Waals surface area contributed by atoms with Crippen LogP contribution in [0.5, 0.6) is 0 Å². The molecule has 0 spiro atoms. The topological polar surface area (TPSA) is 32.3 Å². The molecule has 0 aromatic carbocycles. The first kappa shape index (κ1) is 16.1. The summed E-state index contributed by atoms with van der Waals surface area (Å²) in [6.07, 6.45) is 12.8. The standard InChI is InChI=1S/C16H28N2O.ClH/c1-18(13-8-3-2-4-9-13)16(19)15-11-12-7-5-6-10-14(12)17-15;/h12-15,17H,2-11H2,1H3;1H. The summed E-state index contributed by atoms with van der Waals surface area (Å²) in [5.74, 6) is 1.13. The lowest BCUT2D eigenvalue weighted by molar-refractivity contribution is -0.134. The molecular weight excluding hydrogens is 272 g/mol. The van der Waals surface area contributed by atoms with Gasteiger partial charge in [0.25, 0.3) is 0 Å². The second-order valence-electron chi connectivity index (χ2n) is 6.85. The van der Waals surface area contributed by atoms with E-state index < -0.39 is 0 Å². The van der Waals surface area contributed by atoms with Crippen molar-refractivity contribution in [1.82, 2.24) is 10.2 Å². The number of carbonyl (C=O) groups is 1. The van der Waals surface area contributed by atoms with Crippen LogP contribution in [-0.4, -0.2) is 36.0 Å². The van der Waals surface area contributed by atoms with E-state index in [0.717, 1.165) is 12.3 Å². The van der Waals surface area contributed by atoms with Gasteiger partial charge < -0.3 is 10.2 Å². The van der Waals surface area contributed by atoms with Crippen molar-refractivity contribution >= 4 is 18.3 Å². The van der Waals surface area contributed by atoms with E-state index in [2.05, 4.69) is 10.2 Å². The molecule has 0 aromatic heterocycles. The molecule has 0 aromatic rings. The summed E-state index contributed by atoms with van der Waals surface area (Å²) in [7, 11) is 2.03. The van der Waals surface area contributed by atoms with E-state index in [9.17, 15) is 4.79 Å². The van der Waals surface area contributed by atoms with Crippen molar-refractivity contribution in [2.45, 2.75) is 82.3 Å². The van der Waals surface area contributed by atoms with Crippen molar-refractivity contribution in [3.8, 4) is 0 Å². The second-order valence-corrected chi connectivity index (χ2v) is 6.85. The van der Waals surface area contributed by atoms with Crippen LogP contribution in [0.25, 0.3) is 0 Å². The van der Waals surface area contributed by atoms with Gasteiger partial charge in [-0.25, -0.2) is 0 Å². The van der Waals surface area contributed by atoms with Gasteiger partial charge in [0.2, 0.25) is 5.91 Å². The Morgan fingerprint density at radius 3 is 2.35 bits per heavy atom. The van der Waals surface area contributed by atoms with Crippen LogP contribution >= 0.6 is 12.4 Å². The van der Waals surface area contributed by atoms with E-state index >= 15 is 0 Å². The minimum atomic E-state index is 0. The largest absolute Gasteiger partial charge is 0.341 e. The predicted molar refractivity (Wildman–Crippen MR) is 84.2 cm³/mol. The smallest absolute Gasteiger partial charge is 0.239 e. The van der Waals surface area contributed by atoms with E-state index in [4.69, 9.17) is 0 Å². The van der Waals surface area contributed by atoms with Gasteiger partial charge in [-0.1, -0.05) is 32.1 Å². The van der Waals surface area contributed by atoms with Gasteiger partial charge in [-0.3, -0.25) is 4.79 Å². The lowest BCUT2D eigenvalue weighted by Gasteiger charge is -2.33. The Kier molecular flexibility index (Phi) is 5.74. The number of hydrogen-bond acceptors (Lipinski definition) is 2. The van der Waals surface area contributed by atoms with Crippen LogP contribution in [0.2, 0.25) is 0 Å². The van der Waals surface area contributed by atoms with Gasteiger partial charge in [0.1, 0.15) is 0 Å². The molecule has 3 aliphatic rings. The molecule has 116 valence electrons. The van der Waals surface area contributed by atoms with Gasteiger partial charge in [-0.2, -0.15) is 0 Å². The Balaban J connectivity index is 0.00000147. The van der Waals surface area contributed by atoms with E-state index in [1.807, 2.05) is 7.05 Å². The fourth-order valence-corrected chi connectivity index (χ4v) is 4.40. The lowest BCUT2D eigenvalue weighted by atomic mass is 9.85. The third-order valence-electron chi connectivity index (χ3n) is 5.63. The first-order valence-corrected chi connectivity index (χ1v) is 8.28. The molecule has 1 heterocycles. The summed E-state index contributed by atoms with van der Waals surface area (Å²) in [4.78, 5) is 14.7. The highest BCUT2D eigenvalue weighted by molar-refractivity contribution is 5.85. The molecule has 3 rings (SSSR count). The molecular formula is C16H29ClN2O. The molecule has 1 amide bonds. The number of halogens is 1. The average Bonchev–Trinajstić information content (AvgIpc) is 2.90. The maximum absolute atomic E-state index is 12.7. The van der Waals surface area contributed by atoms with Gasteiger partial charge in [-0.15, -0.1) is 12.4 Å². The van der Waals surface area contributed by atoms with Crippen LogP contribution in [0.1, 0.15) is 64.2 Å². The highest BCUT2D eigenvalue weighted by Crippen LogP contribution is 2.34. The summed E-state index contributed by atoms with van der Waals surface area (Å²) in [5.41, 5.74) is 0. The van der Waals surface area contributed by atoms with Crippen LogP contribution in [0, 0.1) is 5.92 Å². The monoisotopic (exact) mass is 300 g/mol. The fourth-order valence-electron chi connectivity index (χ4n) is 4.40. The molecule has 3 atom stereocenters. The Morgan fingerprint density at radius 1 is 1.00 bits per heavy atom. The molecule has 3 fully saturated rings. The number of nitrogens with one attached hydrogen (secondary N) is 1. The van der Waals surface area contributed by atoms with E-state index in [1.54, 1.807) is 0 Å². The van der Waals surface area contributed by atoms with Crippen LogP contribution in [0.15, 0.2) is 0 Å². The minimum absolute atomic E-state index is 0. The number of carbonyl (C=O) groups excluding carboxylic acids is 1. The highest BCUT2D eigenvalue weighted by atomic mass is 35.5. The average molecular weight is 301 g/mol. The summed E-state index contributed by atoms with van der Waals surface area (Å²) in [6, 6.07) is 1.24. The first-order valence-electron chi connectivity index (χ1n) is 8.28. The van der Waals surface area contributed by atoms with Crippen molar-refractivity contribution in [1.29, 1.82) is 0 Å². The first-order chi connectivity index (χ1) is 9.25. The second kappa shape index (κ2) is 7.13. The molecule has 3 nitrogen and oxygen atoms in total. The highest BCUT2D eigenvalue weighted by Gasteiger charge is 2.40. The van der Waals surface area contributed by atoms with E-state index in [-0.39, 0.29) is 18.4 Å². The molecule has 1 aliphatic heterocycles. The lowest BCUT2D eigenvalue weighted by Crippen LogP contribution is -2.48. The molecule has 4 heteroatoms. The number of fused-ring (bicyclic) bond motifs is 1. The molecule has 0 radical (unpaired) electrons. The van der Waals surface area contributed by atoms with E-state index in [0.29, 0.717) is 18.0 Å². The predicted octanol–water partition coefficient (Wildman–Crippen LogP) is 3.12. The SMILES string of the molecule is CN(C(=O)C1CC2CCCCC2N1)C1CCCCC1.Cl. The van der Waals surface area contributed by atoms with Crippen molar-refractivity contribution in [2.75, 3.05) is 7.05 Å². The third kappa shape index (κ3) is 3.30. The van der Waals surface area contributed by atoms with Gasteiger partial charge in [-0.05, 0) is 38.0 Å². The number of hydrogen-bond donors (Lipinski definition) is 1. The molecule has 20 heavy (non-hydrogen) atoms. The van der Waals surface area contributed by atoms with Gasteiger partial charge >= 0.3 is 0 Å². The zero-order valence-corrected chi connectivity index (χ0v) is 13.5. The molecule has 1 N–H and O–H groups in total. The van der Waals surface area contributed by atoms with Gasteiger partial charge in [0.05, 0.1) is 6.04 Å². The van der Waals surface area contributed by atoms with Crippen LogP contribution in [0.3, 0.4) is 0 Å². The Morgan fingerprint density at radius 2 is 1.65 bits per heavy atom. The Bertz CT molecular complexity index is 316. The number of rotatable bonds is 2. The summed E-state index contributed by atoms with van der Waals surface area (Å²) in [6.45, 7) is 0. The molecule has 2 aliphatic carbocycles. The molecule has 2 saturated carbocycles. The van der Waals surface area contributed by atoms with Crippen molar-refractivity contribution in [3.05, 3.63) is 0 Å². The number of nitrogens with zero attached hydrogens (tertiary/aromatic N) is 1. The fraction of sp³-hybridized carbons (Fsp3) is 0.938. The Hall–Kier alpha value is -0.280. The van der Waals surface area contributed by atoms with Crippen molar-refractivity contribution in [2.24, 2.45) is 5.92 Å². The van der Waals surface area contributed by atoms with Crippen LogP contribution < -0.4 is 5.32 Å². The zero-order chi connectivity index (χ0) is 13.2. The van der Waals surface area contributed by atoms with Crippen molar-refractivity contribution in [3.63, 3.8) is 0 Å². The van der Waals surface area contributed by atoms with Gasteiger partial charge in [0.15, 0.2) is 0 Å². The maximum Gasteiger partial charge on any atom is 0.239 e. The summed E-state index contributed by atoms with van der Waals surface area (Å²) in [5, 5.41) is 3.62. The normalized spacial score (nSPS) is 34.1. The Labute approximate surface area is 129 Å². The zero-order valence-electron chi connectivity index (χ0n) is 12.6. The number of amides is 1. The number of likely N-dealkylation sites (N-methyl/N-ethyl adjacent to an activating group) is 1. The van der Waals surface area contributed by atoms with Gasteiger partial charge in [0, 0.05) is 19.1 Å². The quantitative estimate of drug-likeness (QED) is 0.850. The van der Waals surface area contributed by atoms with E-state index in [1.165, 1.54) is 57.8 Å². The summed E-state index contributed by atoms with van der Waals surface area (Å²) < 4.78 is 0.